The fourth-order valence-corrected chi connectivity index (χ4v) is 0.757. The highest BCUT2D eigenvalue weighted by atomic mass is 79.9. The molecule has 0 N–H and O–H groups in total. The molecule has 0 spiro atoms. The van der Waals surface area contributed by atoms with Gasteiger partial charge in [-0.2, -0.15) is 0 Å². The molecule has 0 fully saturated rings. The summed E-state index contributed by atoms with van der Waals surface area (Å²) in [6.07, 6.45) is 2.18. The van der Waals surface area contributed by atoms with Crippen LogP contribution in [0.2, 0.25) is 0 Å². The van der Waals surface area contributed by atoms with Crippen molar-refractivity contribution in [3.8, 4) is 0 Å². The smallest absolute Gasteiger partial charge is 0.254 e. The Morgan fingerprint density at radius 3 is 2.00 bits per heavy atom. The van der Waals surface area contributed by atoms with E-state index >= 15 is 0 Å². The number of rotatable bonds is 1. The van der Waals surface area contributed by atoms with E-state index in [1.165, 1.54) is 0 Å². The second kappa shape index (κ2) is 3.64. The lowest BCUT2D eigenvalue weighted by Crippen LogP contribution is -1.74. The van der Waals surface area contributed by atoms with Gasteiger partial charge in [0.05, 0.1) is 9.47 Å². The molecule has 0 aliphatic rings. The third kappa shape index (κ3) is 6.66. The standard InChI is InChI=1S/C3Br2ClO/c4-2(5)1-3(6)7. The maximum absolute atomic E-state index is 9.83. The molecule has 0 bridgehead atoms. The first-order valence-corrected chi connectivity index (χ1v) is 3.24. The third-order valence-corrected chi connectivity index (χ3v) is 0.684. The molecule has 0 heterocycles. The van der Waals surface area contributed by atoms with Crippen molar-refractivity contribution >= 4 is 48.7 Å². The molecular formula is C3Br2ClO. The summed E-state index contributed by atoms with van der Waals surface area (Å²) in [4.78, 5) is 9.83. The van der Waals surface area contributed by atoms with Crippen LogP contribution < -0.4 is 0 Å². The summed E-state index contributed by atoms with van der Waals surface area (Å²) in [6.45, 7) is 0. The summed E-state index contributed by atoms with van der Waals surface area (Å²) < 4.78 is 0.431. The first kappa shape index (κ1) is 7.66. The van der Waals surface area contributed by atoms with E-state index in [0.29, 0.717) is 3.39 Å². The topological polar surface area (TPSA) is 17.1 Å². The van der Waals surface area contributed by atoms with E-state index in [4.69, 9.17) is 11.6 Å². The zero-order valence-electron chi connectivity index (χ0n) is 3.04. The van der Waals surface area contributed by atoms with Crippen LogP contribution in [-0.4, -0.2) is 5.24 Å². The molecule has 0 saturated heterocycles. The Bertz CT molecular complexity index is 106. The second-order valence-electron chi connectivity index (χ2n) is 0.659. The molecule has 1 radical (unpaired) electrons. The largest absolute Gasteiger partial charge is 0.276 e. The molecular weight excluding hydrogens is 247 g/mol. The number of carbonyl (C=O) groups is 1. The number of hydrogen-bond donors (Lipinski definition) is 0. The predicted octanol–water partition coefficient (Wildman–Crippen LogP) is 2.19. The summed E-state index contributed by atoms with van der Waals surface area (Å²) in [7, 11) is 0. The van der Waals surface area contributed by atoms with Crippen LogP contribution in [0.15, 0.2) is 3.39 Å². The maximum Gasteiger partial charge on any atom is 0.254 e. The lowest BCUT2D eigenvalue weighted by Gasteiger charge is -1.72. The molecule has 0 aliphatic heterocycles. The molecule has 7 heavy (non-hydrogen) atoms. The van der Waals surface area contributed by atoms with Crippen LogP contribution in [0.5, 0.6) is 0 Å². The van der Waals surface area contributed by atoms with Crippen LogP contribution in [-0.2, 0) is 4.79 Å². The molecule has 0 atom stereocenters. The van der Waals surface area contributed by atoms with Crippen LogP contribution in [0, 0.1) is 6.08 Å². The maximum atomic E-state index is 9.83. The molecule has 0 aromatic rings. The van der Waals surface area contributed by atoms with Gasteiger partial charge in [-0.1, -0.05) is 0 Å². The van der Waals surface area contributed by atoms with Crippen LogP contribution in [0.1, 0.15) is 0 Å². The number of allylic oxidation sites excluding steroid dienone is 1. The van der Waals surface area contributed by atoms with Gasteiger partial charge in [0.25, 0.3) is 5.24 Å². The molecule has 1 nitrogen and oxygen atoms in total. The van der Waals surface area contributed by atoms with Gasteiger partial charge < -0.3 is 0 Å². The molecule has 0 rings (SSSR count). The first-order chi connectivity index (χ1) is 3.13. The molecule has 0 saturated carbocycles. The highest BCUT2D eigenvalue weighted by molar-refractivity contribution is 9.28. The van der Waals surface area contributed by atoms with Gasteiger partial charge in [-0.15, -0.1) is 0 Å². The van der Waals surface area contributed by atoms with Gasteiger partial charge in [-0.3, -0.25) is 4.79 Å². The number of hydrogen-bond acceptors (Lipinski definition) is 1. The van der Waals surface area contributed by atoms with Crippen molar-refractivity contribution in [1.82, 2.24) is 0 Å². The molecule has 0 aromatic carbocycles. The van der Waals surface area contributed by atoms with E-state index in [-0.39, 0.29) is 0 Å². The average Bonchev–Trinajstić information content (AvgIpc) is 1.27. The van der Waals surface area contributed by atoms with Crippen molar-refractivity contribution < 1.29 is 4.79 Å². The zero-order valence-corrected chi connectivity index (χ0v) is 6.97. The Hall–Kier alpha value is 0.660. The molecule has 0 unspecified atom stereocenters. The van der Waals surface area contributed by atoms with Crippen LogP contribution >= 0.6 is 43.5 Å². The number of halogens is 3. The monoisotopic (exact) mass is 245 g/mol. The Labute approximate surface area is 63.0 Å². The van der Waals surface area contributed by atoms with Crippen molar-refractivity contribution in [2.45, 2.75) is 0 Å². The SMILES string of the molecule is O=C(Cl)[C]=C(Br)Br. The fourth-order valence-electron chi connectivity index (χ4n) is 0.0743. The van der Waals surface area contributed by atoms with E-state index in [0.717, 1.165) is 0 Å². The lowest BCUT2D eigenvalue weighted by atomic mass is 10.7. The highest BCUT2D eigenvalue weighted by Gasteiger charge is 1.88. The second-order valence-corrected chi connectivity index (χ2v) is 3.65. The average molecular weight is 247 g/mol. The van der Waals surface area contributed by atoms with Crippen molar-refractivity contribution in [2.75, 3.05) is 0 Å². The van der Waals surface area contributed by atoms with Gasteiger partial charge >= 0.3 is 0 Å². The molecule has 39 valence electrons. The fraction of sp³-hybridized carbons (Fsp3) is 0. The summed E-state index contributed by atoms with van der Waals surface area (Å²) in [5, 5.41) is -0.622. The van der Waals surface area contributed by atoms with Gasteiger partial charge in [0.1, 0.15) is 0 Å². The normalized spacial score (nSPS) is 7.86. The zero-order chi connectivity index (χ0) is 5.86. The summed E-state index contributed by atoms with van der Waals surface area (Å²) >= 11 is 10.6. The van der Waals surface area contributed by atoms with Crippen LogP contribution in [0.4, 0.5) is 0 Å². The van der Waals surface area contributed by atoms with E-state index in [1.54, 1.807) is 0 Å². The molecule has 0 amide bonds. The van der Waals surface area contributed by atoms with E-state index in [2.05, 4.69) is 37.9 Å². The van der Waals surface area contributed by atoms with Gasteiger partial charge in [0, 0.05) is 0 Å². The molecule has 4 heteroatoms. The van der Waals surface area contributed by atoms with E-state index in [9.17, 15) is 4.79 Å². The van der Waals surface area contributed by atoms with Gasteiger partial charge in [0.2, 0.25) is 0 Å². The van der Waals surface area contributed by atoms with E-state index in [1.807, 2.05) is 0 Å². The Kier molecular flexibility index (Phi) is 3.98. The highest BCUT2D eigenvalue weighted by Crippen LogP contribution is 2.11. The Balaban J connectivity index is 3.68. The number of carbonyl (C=O) groups excluding carboxylic acids is 1. The predicted molar refractivity (Wildman–Crippen MR) is 35.5 cm³/mol. The third-order valence-electron chi connectivity index (χ3n) is 0.193. The minimum Gasteiger partial charge on any atom is -0.276 e. The van der Waals surface area contributed by atoms with Crippen molar-refractivity contribution in [2.24, 2.45) is 0 Å². The van der Waals surface area contributed by atoms with Gasteiger partial charge in [-0.25, -0.2) is 0 Å². The summed E-state index contributed by atoms with van der Waals surface area (Å²) in [5.74, 6) is 0. The van der Waals surface area contributed by atoms with Crippen molar-refractivity contribution in [3.63, 3.8) is 0 Å². The first-order valence-electron chi connectivity index (χ1n) is 1.27. The minimum absolute atomic E-state index is 0.431. The van der Waals surface area contributed by atoms with Gasteiger partial charge in [-0.05, 0) is 43.5 Å². The van der Waals surface area contributed by atoms with Crippen LogP contribution in [0.25, 0.3) is 0 Å². The van der Waals surface area contributed by atoms with E-state index < -0.39 is 5.24 Å². The van der Waals surface area contributed by atoms with Gasteiger partial charge in [0.15, 0.2) is 0 Å². The molecule has 0 aromatic heterocycles. The minimum atomic E-state index is -0.622. The molecule has 0 aliphatic carbocycles. The lowest BCUT2D eigenvalue weighted by molar-refractivity contribution is -0.108. The Morgan fingerprint density at radius 1 is 1.57 bits per heavy atom. The van der Waals surface area contributed by atoms with Crippen LogP contribution in [0.3, 0.4) is 0 Å². The van der Waals surface area contributed by atoms with Crippen molar-refractivity contribution in [3.05, 3.63) is 9.47 Å². The summed E-state index contributed by atoms with van der Waals surface area (Å²) in [5.41, 5.74) is 0. The summed E-state index contributed by atoms with van der Waals surface area (Å²) in [6, 6.07) is 0. The Morgan fingerprint density at radius 2 is 2.00 bits per heavy atom. The quantitative estimate of drug-likeness (QED) is 0.513. The van der Waals surface area contributed by atoms with Crippen molar-refractivity contribution in [1.29, 1.82) is 0 Å².